The molecule has 3 aromatic carbocycles. The van der Waals surface area contributed by atoms with E-state index in [4.69, 9.17) is 149 Å². The molecule has 0 fully saturated rings. The molecule has 11 rings (SSSR count). The minimum Gasteiger partial charge on any atom is -0.494 e. The van der Waals surface area contributed by atoms with E-state index in [1.807, 2.05) is 0 Å². The second-order valence-electron chi connectivity index (χ2n) is 17.3. The molecule has 22 N–H and O–H groups in total. The van der Waals surface area contributed by atoms with Crippen LogP contribution in [0.5, 0.6) is 17.2 Å². The molecular weight excluding hydrogens is 1890 g/mol. The van der Waals surface area contributed by atoms with Gasteiger partial charge in [0.25, 0.3) is 0 Å². The van der Waals surface area contributed by atoms with E-state index in [0.29, 0.717) is 19.1 Å². The molecule has 580 valence electrons. The number of nitrogens with zero attached hydrogens (tertiary/aromatic N) is 4. The van der Waals surface area contributed by atoms with Crippen LogP contribution in [0.1, 0.15) is 59.3 Å². The van der Waals surface area contributed by atoms with Gasteiger partial charge in [-0.25, -0.2) is 19.9 Å². The van der Waals surface area contributed by atoms with Crippen molar-refractivity contribution < 1.29 is 150 Å². The monoisotopic (exact) mass is 1960 g/mol. The minimum atomic E-state index is -1.40. The van der Waals surface area contributed by atoms with Gasteiger partial charge in [0, 0.05) is 30.2 Å². The largest absolute Gasteiger partial charge is 0.494 e. The predicted octanol–water partition coefficient (Wildman–Crippen LogP) is 22.6. The van der Waals surface area contributed by atoms with E-state index >= 15 is 0 Å². The Bertz CT molecular complexity index is 3460. The van der Waals surface area contributed by atoms with Crippen molar-refractivity contribution in [1.29, 1.82) is 0 Å². The molecule has 0 saturated carbocycles. The summed E-state index contributed by atoms with van der Waals surface area (Å²) in [6.45, 7) is 9.06. The van der Waals surface area contributed by atoms with Crippen molar-refractivity contribution in [1.82, 2.24) is 19.9 Å². The van der Waals surface area contributed by atoms with Gasteiger partial charge in [0.05, 0.1) is 46.9 Å². The summed E-state index contributed by atoms with van der Waals surface area (Å²) in [6.07, 6.45) is 6.58. The van der Waals surface area contributed by atoms with Crippen molar-refractivity contribution in [3.05, 3.63) is 129 Å². The molecule has 0 aliphatic rings. The van der Waals surface area contributed by atoms with Crippen LogP contribution in [0.4, 0.5) is 0 Å². The standard InChI is InChI=1S/C32H30N2O2S4.C12H4Br2N2S4.C10H15BO3.10H2O2.H10P8.Pd/c1-3-5-19-35-23-11-7-21(8-12-23)25-15-17-27(37-25)29-33-31-32(39-29)34-30(40-31)28-18-16-26(38-28)22-9-13-24(14-10-22)36-20-6-4-2;13-7-3-1-5(17-7)9-15-11-12(19-9)16-10(20-11)6-2-4-8(14)18-6;1-2-3-8-14-10-6-4-9(5-7-10)11(12)13;10*1-2;1-4-6-7-8(3)5-2;/h7-18H,3-6,19-20H2,1-2H3;1-4H;4-7,12-13H,2-3,8H2,1H3;10*1-2H;4-7H,1-3H2;. The summed E-state index contributed by atoms with van der Waals surface area (Å²) in [5, 5.41) is 142. The Kier molecular flexibility index (Phi) is 75.3. The van der Waals surface area contributed by atoms with Crippen LogP contribution in [0, 0.1) is 0 Å². The van der Waals surface area contributed by atoms with E-state index < -0.39 is 7.12 Å². The first-order chi connectivity index (χ1) is 49.9. The van der Waals surface area contributed by atoms with Crippen LogP contribution in [0.2, 0.25) is 0 Å². The fourth-order valence-corrected chi connectivity index (χ4v) is 46.4. The first-order valence-corrected chi connectivity index (χ1v) is 50.1. The molecule has 8 atom stereocenters. The Balaban J connectivity index is -0.000000654. The molecule has 0 bridgehead atoms. The van der Waals surface area contributed by atoms with Gasteiger partial charge in [0.2, 0.25) is 0 Å². The van der Waals surface area contributed by atoms with Crippen molar-refractivity contribution in [3.63, 3.8) is 0 Å². The van der Waals surface area contributed by atoms with Gasteiger partial charge < -0.3 is 24.3 Å². The number of hydrogen-bond donors (Lipinski definition) is 22. The third kappa shape index (κ3) is 41.8. The number of unbranched alkanes of at least 4 members (excludes halogenated alkanes) is 3. The number of thiophene rings is 4. The van der Waals surface area contributed by atoms with Crippen molar-refractivity contribution in [2.24, 2.45) is 0 Å². The maximum atomic E-state index is 8.84. The molecular formula is C54H79BBr2N4O25P8PdS8. The Morgan fingerprint density at radius 3 is 0.893 bits per heavy atom. The molecule has 11 aromatic rings. The van der Waals surface area contributed by atoms with E-state index in [2.05, 4.69) is 176 Å². The van der Waals surface area contributed by atoms with Crippen molar-refractivity contribution in [3.8, 4) is 77.7 Å². The van der Waals surface area contributed by atoms with Crippen LogP contribution in [-0.2, 0) is 20.4 Å². The molecule has 0 spiro atoms. The molecule has 8 unspecified atom stereocenters. The van der Waals surface area contributed by atoms with E-state index in [1.54, 1.807) is 115 Å². The van der Waals surface area contributed by atoms with Gasteiger partial charge in [-0.3, -0.25) is 105 Å². The van der Waals surface area contributed by atoms with Gasteiger partial charge in [-0.15, -0.1) is 72.1 Å². The molecule has 29 nitrogen and oxygen atoms in total. The van der Waals surface area contributed by atoms with Gasteiger partial charge >= 0.3 is 7.12 Å². The topological polar surface area (TPSA) is 524 Å². The number of ether oxygens (including phenoxy) is 3. The van der Waals surface area contributed by atoms with E-state index in [1.165, 1.54) is 56.3 Å². The summed E-state index contributed by atoms with van der Waals surface area (Å²) < 4.78 is 19.3. The molecule has 0 saturated heterocycles. The molecule has 0 radical (unpaired) electrons. The number of halogens is 2. The zero-order valence-corrected chi connectivity index (χ0v) is 73.5. The molecule has 8 heterocycles. The van der Waals surface area contributed by atoms with Crippen LogP contribution in [0.15, 0.2) is 129 Å². The van der Waals surface area contributed by atoms with Crippen molar-refractivity contribution in [2.45, 2.75) is 59.3 Å². The molecule has 0 aliphatic heterocycles. The predicted molar refractivity (Wildman–Crippen MR) is 449 cm³/mol. The Morgan fingerprint density at radius 1 is 0.388 bits per heavy atom. The average molecular weight is 1970 g/mol. The summed E-state index contributed by atoms with van der Waals surface area (Å²) in [6, 6.07) is 40.5. The summed E-state index contributed by atoms with van der Waals surface area (Å²) >= 11 is 20.6. The second kappa shape index (κ2) is 71.5. The van der Waals surface area contributed by atoms with Crippen LogP contribution in [0.3, 0.4) is 0 Å². The first kappa shape index (κ1) is 108. The summed E-state index contributed by atoms with van der Waals surface area (Å²) in [4.78, 5) is 30.6. The Hall–Kier alpha value is -0.853. The van der Waals surface area contributed by atoms with Crippen molar-refractivity contribution >= 4 is 220 Å². The molecule has 49 heteroatoms. The van der Waals surface area contributed by atoms with Crippen LogP contribution in [0.25, 0.3) is 79.7 Å². The van der Waals surface area contributed by atoms with E-state index in [-0.39, 0.29) is 20.4 Å². The van der Waals surface area contributed by atoms with Gasteiger partial charge in [-0.05, 0) is 184 Å². The third-order valence-corrected chi connectivity index (χ3v) is 52.6. The maximum absolute atomic E-state index is 8.84. The Labute approximate surface area is 669 Å². The van der Waals surface area contributed by atoms with E-state index in [0.717, 1.165) is 132 Å². The van der Waals surface area contributed by atoms with Crippen LogP contribution >= 0.6 is 188 Å². The van der Waals surface area contributed by atoms with E-state index in [9.17, 15) is 0 Å². The van der Waals surface area contributed by atoms with Gasteiger partial charge in [0.15, 0.2) is 19.3 Å². The molecule has 8 aromatic heterocycles. The maximum Gasteiger partial charge on any atom is 0.488 e. The summed E-state index contributed by atoms with van der Waals surface area (Å²) in [5.74, 6) is 2.63. The first-order valence-electron chi connectivity index (χ1n) is 27.7. The summed E-state index contributed by atoms with van der Waals surface area (Å²) in [5.41, 5.74) is 2.88. The normalized spacial score (nSPS) is 10.1. The number of fused-ring (bicyclic) bond motifs is 2. The number of thiazole rings is 4. The third-order valence-electron chi connectivity index (χ3n) is 11.3. The number of benzene rings is 3. The zero-order valence-electron chi connectivity index (χ0n) is 53.9. The molecule has 103 heavy (non-hydrogen) atoms. The Morgan fingerprint density at radius 2 is 0.650 bits per heavy atom. The van der Waals surface area contributed by atoms with Gasteiger partial charge in [-0.1, -0.05) is 129 Å². The average Bonchev–Trinajstić information content (AvgIpc) is 1.64. The van der Waals surface area contributed by atoms with Crippen molar-refractivity contribution in [2.75, 3.05) is 19.8 Å². The van der Waals surface area contributed by atoms with Gasteiger partial charge in [-0.2, -0.15) is 0 Å². The quantitative estimate of drug-likeness (QED) is 0.00929. The molecule has 0 aliphatic carbocycles. The number of rotatable bonds is 23. The summed E-state index contributed by atoms with van der Waals surface area (Å²) in [7, 11) is 11.9. The fraction of sp³-hybridized carbons (Fsp3) is 0.222. The SMILES string of the molecule is Brc1ccc(-c2nc3sc(-c4ccc(Br)s4)nc3s2)s1.CCCCOc1ccc(-c2ccc(-c3nc4sc(-c5ccc(-c6ccc(OCCCC)cc6)s5)nc4s3)s2)cc1.CCCCOc1ccc(B(O)O)cc1.OO.OO.OO.OO.OO.OO.OO.OO.OO.OO.PPPPP(P)PP.[Pd]. The second-order valence-corrected chi connectivity index (χ2v) is 51.2. The number of hydrogen-bond acceptors (Lipinski definition) is 37. The molecule has 0 amide bonds. The minimum absolute atomic E-state index is 0. The zero-order chi connectivity index (χ0) is 77.8. The van der Waals surface area contributed by atoms with Gasteiger partial charge in [0.1, 0.15) is 37.3 Å². The van der Waals surface area contributed by atoms with Crippen LogP contribution in [-0.4, -0.2) is 162 Å². The van der Waals surface area contributed by atoms with Crippen LogP contribution < -0.4 is 19.7 Å². The number of aromatic nitrogens is 4. The fourth-order valence-electron chi connectivity index (χ4n) is 7.07. The smallest absolute Gasteiger partial charge is 0.488 e.